The first kappa shape index (κ1) is 11.9. The molecule has 1 aliphatic heterocycles. The van der Waals surface area contributed by atoms with Crippen LogP contribution in [0.2, 0.25) is 0 Å². The van der Waals surface area contributed by atoms with E-state index in [2.05, 4.69) is 5.32 Å². The number of alkyl halides is 3. The first-order valence-corrected chi connectivity index (χ1v) is 5.17. The number of benzene rings is 1. The zero-order chi connectivity index (χ0) is 12.5. The predicted octanol–water partition coefficient (Wildman–Crippen LogP) is 1.83. The Bertz CT molecular complexity index is 443. The van der Waals surface area contributed by atoms with Crippen LogP contribution in [0.15, 0.2) is 18.2 Å². The van der Waals surface area contributed by atoms with Crippen LogP contribution in [-0.2, 0) is 17.8 Å². The van der Waals surface area contributed by atoms with Crippen molar-refractivity contribution in [2.45, 2.75) is 19.1 Å². The third kappa shape index (κ3) is 2.76. The van der Waals surface area contributed by atoms with Gasteiger partial charge in [0.15, 0.2) is 0 Å². The number of carbonyl (C=O) groups is 1. The molecule has 0 saturated carbocycles. The van der Waals surface area contributed by atoms with Gasteiger partial charge in [-0.15, -0.1) is 0 Å². The molecule has 1 aromatic rings. The van der Waals surface area contributed by atoms with Crippen molar-refractivity contribution in [1.82, 2.24) is 5.32 Å². The predicted molar refractivity (Wildman–Crippen MR) is 56.5 cm³/mol. The number of hydrogen-bond donors (Lipinski definition) is 2. The van der Waals surface area contributed by atoms with E-state index in [1.807, 2.05) is 5.32 Å². The molecule has 0 saturated heterocycles. The van der Waals surface area contributed by atoms with E-state index >= 15 is 0 Å². The van der Waals surface area contributed by atoms with E-state index in [0.717, 1.165) is 24.1 Å². The minimum Gasteiger partial charge on any atom is -0.318 e. The van der Waals surface area contributed by atoms with Crippen molar-refractivity contribution in [3.8, 4) is 0 Å². The van der Waals surface area contributed by atoms with Crippen molar-refractivity contribution in [3.63, 3.8) is 0 Å². The molecule has 0 aliphatic carbocycles. The van der Waals surface area contributed by atoms with E-state index in [1.165, 1.54) is 6.07 Å². The van der Waals surface area contributed by atoms with Gasteiger partial charge in [0.05, 0.1) is 0 Å². The highest BCUT2D eigenvalue weighted by atomic mass is 19.4. The Morgan fingerprint density at radius 3 is 2.76 bits per heavy atom. The SMILES string of the molecule is O=C(Nc1ccc2c(c1)CNCC2)C(F)(F)F. The lowest BCUT2D eigenvalue weighted by Gasteiger charge is -2.18. The standard InChI is InChI=1S/C11H11F3N2O/c12-11(13,14)10(17)16-9-2-1-7-3-4-15-6-8(7)5-9/h1-2,5,15H,3-4,6H2,(H,16,17). The van der Waals surface area contributed by atoms with E-state index in [4.69, 9.17) is 0 Å². The average molecular weight is 244 g/mol. The summed E-state index contributed by atoms with van der Waals surface area (Å²) < 4.78 is 36.1. The summed E-state index contributed by atoms with van der Waals surface area (Å²) in [4.78, 5) is 10.8. The molecule has 0 unspecified atom stereocenters. The molecule has 0 bridgehead atoms. The first-order chi connectivity index (χ1) is 7.97. The van der Waals surface area contributed by atoms with Crippen LogP contribution in [0.1, 0.15) is 11.1 Å². The highest BCUT2D eigenvalue weighted by Crippen LogP contribution is 2.22. The van der Waals surface area contributed by atoms with Crippen LogP contribution in [-0.4, -0.2) is 18.6 Å². The molecule has 17 heavy (non-hydrogen) atoms. The van der Waals surface area contributed by atoms with Crippen LogP contribution in [0.25, 0.3) is 0 Å². The number of amides is 1. The Labute approximate surface area is 96.0 Å². The number of hydrogen-bond acceptors (Lipinski definition) is 2. The molecule has 1 aromatic carbocycles. The van der Waals surface area contributed by atoms with Crippen molar-refractivity contribution in [3.05, 3.63) is 29.3 Å². The van der Waals surface area contributed by atoms with Crippen LogP contribution >= 0.6 is 0 Å². The number of anilines is 1. The molecular weight excluding hydrogens is 233 g/mol. The Hall–Kier alpha value is -1.56. The molecule has 1 amide bonds. The van der Waals surface area contributed by atoms with Gasteiger partial charge in [-0.05, 0) is 36.2 Å². The number of halogens is 3. The summed E-state index contributed by atoms with van der Waals surface area (Å²) in [6.07, 6.45) is -4.00. The van der Waals surface area contributed by atoms with Gasteiger partial charge in [0, 0.05) is 12.2 Å². The van der Waals surface area contributed by atoms with Crippen molar-refractivity contribution in [2.75, 3.05) is 11.9 Å². The van der Waals surface area contributed by atoms with Gasteiger partial charge >= 0.3 is 12.1 Å². The highest BCUT2D eigenvalue weighted by Gasteiger charge is 2.38. The minimum absolute atomic E-state index is 0.176. The molecule has 0 fully saturated rings. The van der Waals surface area contributed by atoms with E-state index in [1.54, 1.807) is 12.1 Å². The molecule has 2 N–H and O–H groups in total. The molecule has 1 aliphatic rings. The van der Waals surface area contributed by atoms with Crippen LogP contribution in [0.4, 0.5) is 18.9 Å². The fourth-order valence-corrected chi connectivity index (χ4v) is 1.76. The number of rotatable bonds is 1. The van der Waals surface area contributed by atoms with E-state index in [0.29, 0.717) is 6.54 Å². The lowest BCUT2D eigenvalue weighted by molar-refractivity contribution is -0.167. The molecule has 2 rings (SSSR count). The maximum absolute atomic E-state index is 12.0. The second kappa shape index (κ2) is 4.37. The molecule has 92 valence electrons. The molecule has 6 heteroatoms. The van der Waals surface area contributed by atoms with Crippen LogP contribution < -0.4 is 10.6 Å². The van der Waals surface area contributed by atoms with Crippen LogP contribution in [0.3, 0.4) is 0 Å². The third-order valence-corrected chi connectivity index (χ3v) is 2.61. The van der Waals surface area contributed by atoms with E-state index < -0.39 is 12.1 Å². The summed E-state index contributed by atoms with van der Waals surface area (Å²) in [7, 11) is 0. The van der Waals surface area contributed by atoms with Gasteiger partial charge in [-0.25, -0.2) is 0 Å². The van der Waals surface area contributed by atoms with Crippen LogP contribution in [0, 0.1) is 0 Å². The Balaban J connectivity index is 2.15. The zero-order valence-electron chi connectivity index (χ0n) is 8.90. The van der Waals surface area contributed by atoms with Crippen LogP contribution in [0.5, 0.6) is 0 Å². The van der Waals surface area contributed by atoms with Gasteiger partial charge in [-0.1, -0.05) is 6.07 Å². The summed E-state index contributed by atoms with van der Waals surface area (Å²) in [6.45, 7) is 1.48. The second-order valence-corrected chi connectivity index (χ2v) is 3.86. The number of fused-ring (bicyclic) bond motifs is 1. The molecule has 0 radical (unpaired) electrons. The summed E-state index contributed by atoms with van der Waals surface area (Å²) >= 11 is 0. The van der Waals surface area contributed by atoms with Gasteiger partial charge < -0.3 is 10.6 Å². The summed E-state index contributed by atoms with van der Waals surface area (Å²) in [5.41, 5.74) is 2.21. The van der Waals surface area contributed by atoms with Crippen molar-refractivity contribution < 1.29 is 18.0 Å². The molecule has 0 aromatic heterocycles. The van der Waals surface area contributed by atoms with Gasteiger partial charge in [0.2, 0.25) is 0 Å². The molecule has 0 spiro atoms. The maximum Gasteiger partial charge on any atom is 0.471 e. The molecular formula is C11H11F3N2O. The Kier molecular flexibility index (Phi) is 3.06. The van der Waals surface area contributed by atoms with Gasteiger partial charge in [-0.3, -0.25) is 4.79 Å². The van der Waals surface area contributed by atoms with Crippen molar-refractivity contribution in [1.29, 1.82) is 0 Å². The molecule has 0 atom stereocenters. The summed E-state index contributed by atoms with van der Waals surface area (Å²) in [5.74, 6) is -1.94. The normalized spacial score (nSPS) is 15.2. The highest BCUT2D eigenvalue weighted by molar-refractivity contribution is 5.95. The fraction of sp³-hybridized carbons (Fsp3) is 0.364. The Morgan fingerprint density at radius 1 is 1.29 bits per heavy atom. The zero-order valence-corrected chi connectivity index (χ0v) is 8.90. The number of carbonyl (C=O) groups excluding carboxylic acids is 1. The van der Waals surface area contributed by atoms with Gasteiger partial charge in [0.25, 0.3) is 0 Å². The Morgan fingerprint density at radius 2 is 2.06 bits per heavy atom. The van der Waals surface area contributed by atoms with Gasteiger partial charge in [-0.2, -0.15) is 13.2 Å². The van der Waals surface area contributed by atoms with E-state index in [-0.39, 0.29) is 5.69 Å². The van der Waals surface area contributed by atoms with Crippen molar-refractivity contribution >= 4 is 11.6 Å². The lowest BCUT2D eigenvalue weighted by atomic mass is 10.0. The number of nitrogens with one attached hydrogen (secondary N) is 2. The van der Waals surface area contributed by atoms with Gasteiger partial charge in [0.1, 0.15) is 0 Å². The lowest BCUT2D eigenvalue weighted by Crippen LogP contribution is -2.30. The third-order valence-electron chi connectivity index (χ3n) is 2.61. The second-order valence-electron chi connectivity index (χ2n) is 3.86. The maximum atomic E-state index is 12.0. The first-order valence-electron chi connectivity index (χ1n) is 5.17. The summed E-state index contributed by atoms with van der Waals surface area (Å²) in [5, 5.41) is 4.96. The smallest absolute Gasteiger partial charge is 0.318 e. The molecule has 3 nitrogen and oxygen atoms in total. The summed E-state index contributed by atoms with van der Waals surface area (Å²) in [6, 6.07) is 4.82. The fourth-order valence-electron chi connectivity index (χ4n) is 1.76. The average Bonchev–Trinajstić information content (AvgIpc) is 2.27. The largest absolute Gasteiger partial charge is 0.471 e. The van der Waals surface area contributed by atoms with Crippen molar-refractivity contribution in [2.24, 2.45) is 0 Å². The molecule has 1 heterocycles. The quantitative estimate of drug-likeness (QED) is 0.791. The topological polar surface area (TPSA) is 41.1 Å². The minimum atomic E-state index is -4.85. The van der Waals surface area contributed by atoms with E-state index in [9.17, 15) is 18.0 Å². The monoisotopic (exact) mass is 244 g/mol.